The van der Waals surface area contributed by atoms with Crippen LogP contribution in [0.25, 0.3) is 0 Å². The maximum absolute atomic E-state index is 10.5. The molecule has 64 valence electrons. The molecule has 0 atom stereocenters. The van der Waals surface area contributed by atoms with E-state index < -0.39 is 11.9 Å². The largest absolute Gasteiger partial charge is 0.474 e. The molecule has 0 aliphatic heterocycles. The number of carbonyl (C=O) groups excluding carboxylic acids is 1. The molecule has 0 unspecified atom stereocenters. The van der Waals surface area contributed by atoms with Crippen LogP contribution < -0.4 is 5.32 Å². The standard InChI is InChI=1S/C4H5N5O3/c1-9-7-4(6-8-9)5-2(10)3(11)12/h1H3,(H,11,12)(H,5,7,10). The molecule has 1 amide bonds. The summed E-state index contributed by atoms with van der Waals surface area (Å²) in [4.78, 5) is 21.6. The van der Waals surface area contributed by atoms with E-state index in [0.717, 1.165) is 4.80 Å². The highest BCUT2D eigenvalue weighted by Gasteiger charge is 2.13. The number of hydrogen-bond donors (Lipinski definition) is 2. The summed E-state index contributed by atoms with van der Waals surface area (Å²) >= 11 is 0. The molecule has 0 aromatic carbocycles. The minimum Gasteiger partial charge on any atom is -0.474 e. The Hall–Kier alpha value is -1.99. The Balaban J connectivity index is 2.64. The molecule has 8 heteroatoms. The number of aryl methyl sites for hydroxylation is 1. The van der Waals surface area contributed by atoms with Gasteiger partial charge in [-0.3, -0.25) is 10.1 Å². The van der Waals surface area contributed by atoms with Crippen LogP contribution in [0.15, 0.2) is 0 Å². The van der Waals surface area contributed by atoms with Gasteiger partial charge < -0.3 is 5.11 Å². The van der Waals surface area contributed by atoms with Crippen molar-refractivity contribution in [1.29, 1.82) is 0 Å². The summed E-state index contributed by atoms with van der Waals surface area (Å²) in [6.07, 6.45) is 0. The summed E-state index contributed by atoms with van der Waals surface area (Å²) in [7, 11) is 1.49. The van der Waals surface area contributed by atoms with Crippen LogP contribution >= 0.6 is 0 Å². The SMILES string of the molecule is Cn1nnc(NC(=O)C(=O)O)n1. The van der Waals surface area contributed by atoms with Crippen LogP contribution in [0.1, 0.15) is 0 Å². The predicted octanol–water partition coefficient (Wildman–Crippen LogP) is -1.77. The van der Waals surface area contributed by atoms with Gasteiger partial charge in [0.2, 0.25) is 0 Å². The topological polar surface area (TPSA) is 110 Å². The third kappa shape index (κ3) is 1.75. The third-order valence-corrected chi connectivity index (χ3v) is 0.928. The number of nitrogens with zero attached hydrogens (tertiary/aromatic N) is 4. The monoisotopic (exact) mass is 171 g/mol. The Bertz CT molecular complexity index is 318. The van der Waals surface area contributed by atoms with Gasteiger partial charge in [-0.05, 0) is 5.21 Å². The van der Waals surface area contributed by atoms with Crippen molar-refractivity contribution in [2.75, 3.05) is 5.32 Å². The number of aromatic nitrogens is 4. The first-order chi connectivity index (χ1) is 5.59. The summed E-state index contributed by atoms with van der Waals surface area (Å²) in [6, 6.07) is 0. The fourth-order valence-electron chi connectivity index (χ4n) is 0.489. The summed E-state index contributed by atoms with van der Waals surface area (Å²) in [5, 5.41) is 20.3. The van der Waals surface area contributed by atoms with Crippen molar-refractivity contribution >= 4 is 17.8 Å². The fraction of sp³-hybridized carbons (Fsp3) is 0.250. The average molecular weight is 171 g/mol. The van der Waals surface area contributed by atoms with Crippen LogP contribution in [0.3, 0.4) is 0 Å². The Morgan fingerprint density at radius 1 is 1.58 bits per heavy atom. The zero-order valence-corrected chi connectivity index (χ0v) is 6.05. The molecule has 1 aromatic heterocycles. The highest BCUT2D eigenvalue weighted by Crippen LogP contribution is 1.90. The van der Waals surface area contributed by atoms with Crippen LogP contribution in [0.4, 0.5) is 5.95 Å². The van der Waals surface area contributed by atoms with Gasteiger partial charge in [0.15, 0.2) is 0 Å². The molecule has 0 bridgehead atoms. The number of carboxylic acids is 1. The summed E-state index contributed by atoms with van der Waals surface area (Å²) in [5.74, 6) is -2.92. The molecule has 0 aliphatic carbocycles. The van der Waals surface area contributed by atoms with Crippen molar-refractivity contribution < 1.29 is 14.7 Å². The number of rotatable bonds is 1. The van der Waals surface area contributed by atoms with Crippen LogP contribution in [0.2, 0.25) is 0 Å². The van der Waals surface area contributed by atoms with Crippen molar-refractivity contribution in [1.82, 2.24) is 20.2 Å². The predicted molar refractivity (Wildman–Crippen MR) is 35.1 cm³/mol. The zero-order chi connectivity index (χ0) is 9.14. The average Bonchev–Trinajstić information content (AvgIpc) is 2.35. The Morgan fingerprint density at radius 2 is 2.25 bits per heavy atom. The van der Waals surface area contributed by atoms with E-state index in [1.807, 2.05) is 5.32 Å². The molecular weight excluding hydrogens is 166 g/mol. The van der Waals surface area contributed by atoms with Gasteiger partial charge in [0, 0.05) is 0 Å². The molecule has 1 rings (SSSR count). The van der Waals surface area contributed by atoms with Crippen molar-refractivity contribution in [3.63, 3.8) is 0 Å². The molecule has 0 aliphatic rings. The van der Waals surface area contributed by atoms with Crippen molar-refractivity contribution in [2.24, 2.45) is 7.05 Å². The summed E-state index contributed by atoms with van der Waals surface area (Å²) in [5.41, 5.74) is 0. The number of aliphatic carboxylic acids is 1. The lowest BCUT2D eigenvalue weighted by atomic mass is 10.6. The van der Waals surface area contributed by atoms with E-state index in [0.29, 0.717) is 0 Å². The first-order valence-electron chi connectivity index (χ1n) is 2.88. The number of carbonyl (C=O) groups is 2. The van der Waals surface area contributed by atoms with Crippen LogP contribution in [0.5, 0.6) is 0 Å². The minimum absolute atomic E-state index is 0.134. The Labute approximate surface area is 66.2 Å². The van der Waals surface area contributed by atoms with Gasteiger partial charge in [0.1, 0.15) is 0 Å². The van der Waals surface area contributed by atoms with E-state index >= 15 is 0 Å². The van der Waals surface area contributed by atoms with Gasteiger partial charge in [-0.2, -0.15) is 4.80 Å². The number of amides is 1. The minimum atomic E-state index is -1.59. The molecule has 0 fully saturated rings. The maximum atomic E-state index is 10.5. The number of anilines is 1. The zero-order valence-electron chi connectivity index (χ0n) is 6.05. The van der Waals surface area contributed by atoms with Crippen LogP contribution in [-0.4, -0.2) is 37.2 Å². The number of carboxylic acid groups (broad SMARTS) is 1. The Kier molecular flexibility index (Phi) is 1.99. The quantitative estimate of drug-likeness (QED) is 0.484. The van der Waals surface area contributed by atoms with E-state index in [-0.39, 0.29) is 5.95 Å². The molecule has 0 radical (unpaired) electrons. The van der Waals surface area contributed by atoms with Gasteiger partial charge in [-0.25, -0.2) is 4.79 Å². The van der Waals surface area contributed by atoms with Crippen molar-refractivity contribution in [3.8, 4) is 0 Å². The molecule has 1 aromatic rings. The second-order valence-electron chi connectivity index (χ2n) is 1.86. The molecule has 0 saturated carbocycles. The number of tetrazole rings is 1. The van der Waals surface area contributed by atoms with Gasteiger partial charge in [0.05, 0.1) is 7.05 Å². The third-order valence-electron chi connectivity index (χ3n) is 0.928. The lowest BCUT2D eigenvalue weighted by Gasteiger charge is -1.91. The van der Waals surface area contributed by atoms with Crippen molar-refractivity contribution in [3.05, 3.63) is 0 Å². The van der Waals surface area contributed by atoms with Crippen LogP contribution in [-0.2, 0) is 16.6 Å². The summed E-state index contributed by atoms with van der Waals surface area (Å²) in [6.45, 7) is 0. The fourth-order valence-corrected chi connectivity index (χ4v) is 0.489. The summed E-state index contributed by atoms with van der Waals surface area (Å²) < 4.78 is 0. The number of hydrogen-bond acceptors (Lipinski definition) is 5. The molecule has 2 N–H and O–H groups in total. The number of nitrogens with one attached hydrogen (secondary N) is 1. The molecule has 0 saturated heterocycles. The van der Waals surface area contributed by atoms with Gasteiger partial charge in [-0.1, -0.05) is 5.10 Å². The molecule has 0 spiro atoms. The molecular formula is C4H5N5O3. The first kappa shape index (κ1) is 8.11. The highest BCUT2D eigenvalue weighted by molar-refractivity contribution is 6.36. The van der Waals surface area contributed by atoms with Gasteiger partial charge in [0.25, 0.3) is 5.95 Å². The second-order valence-corrected chi connectivity index (χ2v) is 1.86. The van der Waals surface area contributed by atoms with E-state index in [1.165, 1.54) is 7.05 Å². The second kappa shape index (κ2) is 2.95. The van der Waals surface area contributed by atoms with Gasteiger partial charge in [-0.15, -0.1) is 5.10 Å². The normalized spacial score (nSPS) is 9.42. The maximum Gasteiger partial charge on any atom is 0.394 e. The van der Waals surface area contributed by atoms with E-state index in [2.05, 4.69) is 15.4 Å². The molecule has 12 heavy (non-hydrogen) atoms. The van der Waals surface area contributed by atoms with Crippen LogP contribution in [0, 0.1) is 0 Å². The first-order valence-corrected chi connectivity index (χ1v) is 2.88. The molecule has 8 nitrogen and oxygen atoms in total. The smallest absolute Gasteiger partial charge is 0.394 e. The van der Waals surface area contributed by atoms with Crippen molar-refractivity contribution in [2.45, 2.75) is 0 Å². The Morgan fingerprint density at radius 3 is 2.67 bits per heavy atom. The van der Waals surface area contributed by atoms with Gasteiger partial charge >= 0.3 is 11.9 Å². The molecule has 1 heterocycles. The lowest BCUT2D eigenvalue weighted by Crippen LogP contribution is -2.22. The highest BCUT2D eigenvalue weighted by atomic mass is 16.4. The van der Waals surface area contributed by atoms with E-state index in [9.17, 15) is 9.59 Å². The van der Waals surface area contributed by atoms with E-state index in [1.54, 1.807) is 0 Å². The van der Waals surface area contributed by atoms with E-state index in [4.69, 9.17) is 5.11 Å². The lowest BCUT2D eigenvalue weighted by molar-refractivity contribution is -0.147.